The van der Waals surface area contributed by atoms with Crippen molar-refractivity contribution in [1.29, 1.82) is 0 Å². The zero-order valence-corrected chi connectivity index (χ0v) is 14.6. The minimum atomic E-state index is -0.820. The molecule has 3 heterocycles. The predicted octanol–water partition coefficient (Wildman–Crippen LogP) is 1.57. The van der Waals surface area contributed by atoms with Crippen LogP contribution in [0, 0.1) is 11.8 Å². The summed E-state index contributed by atoms with van der Waals surface area (Å²) in [5.74, 6) is -1.62. The Morgan fingerprint density at radius 2 is 1.72 bits per heavy atom. The number of anilines is 2. The van der Waals surface area contributed by atoms with Gasteiger partial charge in [0, 0.05) is 26.2 Å². The average molecular weight is 370 g/mol. The van der Waals surface area contributed by atoms with Crippen LogP contribution in [0.5, 0.6) is 5.88 Å². The molecule has 2 N–H and O–H groups in total. The van der Waals surface area contributed by atoms with Gasteiger partial charge in [-0.25, -0.2) is 0 Å². The molecule has 2 saturated heterocycles. The maximum absolute atomic E-state index is 11.2. The summed E-state index contributed by atoms with van der Waals surface area (Å²) in [6, 6.07) is 1.72. The van der Waals surface area contributed by atoms with Crippen LogP contribution in [-0.4, -0.2) is 60.4 Å². The van der Waals surface area contributed by atoms with Gasteiger partial charge in [-0.2, -0.15) is 4.98 Å². The van der Waals surface area contributed by atoms with Crippen LogP contribution in [0.25, 0.3) is 0 Å². The first-order chi connectivity index (χ1) is 11.9. The minimum Gasteiger partial charge on any atom is -0.481 e. The summed E-state index contributed by atoms with van der Waals surface area (Å²) in [7, 11) is 1.50. The number of methoxy groups -OCH3 is 1. The van der Waals surface area contributed by atoms with Crippen LogP contribution in [0.1, 0.15) is 12.8 Å². The molecule has 0 radical (unpaired) electrons. The molecule has 25 heavy (non-hydrogen) atoms. The molecule has 3 rings (SSSR count). The third-order valence-corrected chi connectivity index (χ3v) is 5.09. The van der Waals surface area contributed by atoms with Gasteiger partial charge in [0.2, 0.25) is 5.88 Å². The SMILES string of the molecule is COc1nc(N2CCC(C(=O)O)C2)c(Cl)cc1N1CCC(C(=O)O)C1. The zero-order chi connectivity index (χ0) is 18.1. The molecule has 0 bridgehead atoms. The highest BCUT2D eigenvalue weighted by molar-refractivity contribution is 6.33. The molecule has 1 aromatic heterocycles. The topological polar surface area (TPSA) is 103 Å². The molecule has 2 aliphatic heterocycles. The number of hydrogen-bond donors (Lipinski definition) is 2. The van der Waals surface area contributed by atoms with Crippen LogP contribution in [0.15, 0.2) is 6.07 Å². The molecule has 2 atom stereocenters. The van der Waals surface area contributed by atoms with Crippen molar-refractivity contribution >= 4 is 35.0 Å². The average Bonchev–Trinajstić information content (AvgIpc) is 3.24. The molecule has 1 aromatic rings. The summed E-state index contributed by atoms with van der Waals surface area (Å²) in [6.45, 7) is 1.90. The van der Waals surface area contributed by atoms with E-state index in [0.29, 0.717) is 61.4 Å². The van der Waals surface area contributed by atoms with Gasteiger partial charge in [-0.05, 0) is 18.9 Å². The lowest BCUT2D eigenvalue weighted by molar-refractivity contribution is -0.141. The number of nitrogens with zero attached hydrogens (tertiary/aromatic N) is 3. The van der Waals surface area contributed by atoms with E-state index in [0.717, 1.165) is 0 Å². The summed E-state index contributed by atoms with van der Waals surface area (Å²) >= 11 is 6.39. The van der Waals surface area contributed by atoms with E-state index >= 15 is 0 Å². The second-order valence-electron chi connectivity index (χ2n) is 6.36. The predicted molar refractivity (Wildman–Crippen MR) is 91.7 cm³/mol. The van der Waals surface area contributed by atoms with Crippen molar-refractivity contribution in [3.05, 3.63) is 11.1 Å². The van der Waals surface area contributed by atoms with Gasteiger partial charge in [-0.1, -0.05) is 11.6 Å². The molecule has 2 unspecified atom stereocenters. The normalized spacial score (nSPS) is 23.1. The van der Waals surface area contributed by atoms with Crippen molar-refractivity contribution < 1.29 is 24.5 Å². The molecule has 8 nitrogen and oxygen atoms in total. The fourth-order valence-electron chi connectivity index (χ4n) is 3.39. The van der Waals surface area contributed by atoms with Crippen LogP contribution < -0.4 is 14.5 Å². The van der Waals surface area contributed by atoms with E-state index in [1.807, 2.05) is 9.80 Å². The summed E-state index contributed by atoms with van der Waals surface area (Å²) in [5.41, 5.74) is 0.661. The van der Waals surface area contributed by atoms with Gasteiger partial charge < -0.3 is 24.7 Å². The molecule has 0 saturated carbocycles. The van der Waals surface area contributed by atoms with Crippen molar-refractivity contribution in [1.82, 2.24) is 4.98 Å². The van der Waals surface area contributed by atoms with E-state index in [9.17, 15) is 9.59 Å². The van der Waals surface area contributed by atoms with Crippen LogP contribution >= 0.6 is 11.6 Å². The standard InChI is InChI=1S/C16H20ClN3O5/c1-25-14-12(19-4-2-9(7-19)15(21)22)6-11(17)13(18-14)20-5-3-10(8-20)16(23)24/h6,9-10H,2-5,7-8H2,1H3,(H,21,22)(H,23,24). The van der Waals surface area contributed by atoms with Gasteiger partial charge in [0.25, 0.3) is 0 Å². The van der Waals surface area contributed by atoms with E-state index in [2.05, 4.69) is 4.98 Å². The molecule has 0 aromatic carbocycles. The van der Waals surface area contributed by atoms with Gasteiger partial charge >= 0.3 is 11.9 Å². The third kappa shape index (κ3) is 3.44. The Bertz CT molecular complexity index is 699. The lowest BCUT2D eigenvalue weighted by Gasteiger charge is -2.24. The summed E-state index contributed by atoms with van der Waals surface area (Å²) < 4.78 is 5.38. The summed E-state index contributed by atoms with van der Waals surface area (Å²) in [4.78, 5) is 30.5. The van der Waals surface area contributed by atoms with Crippen LogP contribution in [0.3, 0.4) is 0 Å². The number of hydrogen-bond acceptors (Lipinski definition) is 6. The van der Waals surface area contributed by atoms with Crippen molar-refractivity contribution in [3.8, 4) is 5.88 Å². The largest absolute Gasteiger partial charge is 0.481 e. The number of aromatic nitrogens is 1. The Morgan fingerprint density at radius 3 is 2.24 bits per heavy atom. The Balaban J connectivity index is 1.85. The highest BCUT2D eigenvalue weighted by Gasteiger charge is 2.33. The molecule has 0 amide bonds. The highest BCUT2D eigenvalue weighted by atomic mass is 35.5. The molecule has 136 valence electrons. The monoisotopic (exact) mass is 369 g/mol. The van der Waals surface area contributed by atoms with Gasteiger partial charge in [-0.15, -0.1) is 0 Å². The van der Waals surface area contributed by atoms with Crippen LogP contribution in [0.4, 0.5) is 11.5 Å². The lowest BCUT2D eigenvalue weighted by atomic mass is 10.1. The van der Waals surface area contributed by atoms with Crippen molar-refractivity contribution in [2.24, 2.45) is 11.8 Å². The zero-order valence-electron chi connectivity index (χ0n) is 13.8. The number of carboxylic acids is 2. The number of ether oxygens (including phenoxy) is 1. The Kier molecular flexibility index (Phi) is 4.89. The number of rotatable bonds is 5. The summed E-state index contributed by atoms with van der Waals surface area (Å²) in [5, 5.41) is 18.7. The van der Waals surface area contributed by atoms with Gasteiger partial charge in [0.15, 0.2) is 5.82 Å². The van der Waals surface area contributed by atoms with E-state index in [4.69, 9.17) is 26.6 Å². The first kappa shape index (κ1) is 17.6. The smallest absolute Gasteiger partial charge is 0.308 e. The maximum Gasteiger partial charge on any atom is 0.308 e. The van der Waals surface area contributed by atoms with Crippen molar-refractivity contribution in [3.63, 3.8) is 0 Å². The van der Waals surface area contributed by atoms with E-state index in [1.54, 1.807) is 6.07 Å². The summed E-state index contributed by atoms with van der Waals surface area (Å²) in [6.07, 6.45) is 1.11. The highest BCUT2D eigenvalue weighted by Crippen LogP contribution is 2.38. The first-order valence-corrected chi connectivity index (χ1v) is 8.48. The maximum atomic E-state index is 11.2. The third-order valence-electron chi connectivity index (χ3n) is 4.81. The fraction of sp³-hybridized carbons (Fsp3) is 0.562. The van der Waals surface area contributed by atoms with E-state index < -0.39 is 23.8 Å². The fourth-order valence-corrected chi connectivity index (χ4v) is 3.65. The molecule has 0 spiro atoms. The number of carbonyl (C=O) groups is 2. The molecular formula is C16H20ClN3O5. The van der Waals surface area contributed by atoms with Crippen LogP contribution in [-0.2, 0) is 9.59 Å². The van der Waals surface area contributed by atoms with Crippen molar-refractivity contribution in [2.45, 2.75) is 12.8 Å². The molecule has 9 heteroatoms. The van der Waals surface area contributed by atoms with E-state index in [-0.39, 0.29) is 0 Å². The Hall–Kier alpha value is -2.22. The Labute approximate surface area is 150 Å². The number of halogens is 1. The quantitative estimate of drug-likeness (QED) is 0.806. The van der Waals surface area contributed by atoms with E-state index in [1.165, 1.54) is 7.11 Å². The molecule has 0 aliphatic carbocycles. The number of carboxylic acid groups (broad SMARTS) is 2. The second-order valence-corrected chi connectivity index (χ2v) is 6.77. The van der Waals surface area contributed by atoms with Gasteiger partial charge in [-0.3, -0.25) is 9.59 Å². The van der Waals surface area contributed by atoms with Crippen LogP contribution in [0.2, 0.25) is 5.02 Å². The number of aliphatic carboxylic acids is 2. The molecule has 2 aliphatic rings. The van der Waals surface area contributed by atoms with Crippen molar-refractivity contribution in [2.75, 3.05) is 43.1 Å². The Morgan fingerprint density at radius 1 is 1.16 bits per heavy atom. The first-order valence-electron chi connectivity index (χ1n) is 8.10. The number of pyridine rings is 1. The van der Waals surface area contributed by atoms with Gasteiger partial charge in [0.05, 0.1) is 24.0 Å². The van der Waals surface area contributed by atoms with Gasteiger partial charge in [0.1, 0.15) is 5.69 Å². The second kappa shape index (κ2) is 6.95. The molecule has 2 fully saturated rings. The molecular weight excluding hydrogens is 350 g/mol. The lowest BCUT2D eigenvalue weighted by Crippen LogP contribution is -2.26. The minimum absolute atomic E-state index is 0.357.